The van der Waals surface area contributed by atoms with Crippen molar-refractivity contribution in [1.82, 2.24) is 4.98 Å². The van der Waals surface area contributed by atoms with Crippen molar-refractivity contribution in [3.8, 4) is 5.75 Å². The van der Waals surface area contributed by atoms with Crippen molar-refractivity contribution in [2.75, 3.05) is 0 Å². The summed E-state index contributed by atoms with van der Waals surface area (Å²) in [5, 5.41) is -0.233. The number of hydrogen-bond donors (Lipinski definition) is 0. The van der Waals surface area contributed by atoms with Gasteiger partial charge in [-0.1, -0.05) is 32.0 Å². The van der Waals surface area contributed by atoms with Crippen molar-refractivity contribution in [3.05, 3.63) is 72.4 Å². The summed E-state index contributed by atoms with van der Waals surface area (Å²) < 4.78 is 59.1. The molecule has 3 rings (SSSR count). The van der Waals surface area contributed by atoms with Crippen molar-refractivity contribution in [2.24, 2.45) is 0 Å². The summed E-state index contributed by atoms with van der Waals surface area (Å²) in [6.45, 7) is 7.62. The van der Waals surface area contributed by atoms with Crippen LogP contribution in [-0.2, 0) is 19.7 Å². The van der Waals surface area contributed by atoms with Crippen molar-refractivity contribution in [2.45, 2.75) is 59.4 Å². The topological polar surface area (TPSA) is 90.4 Å². The average Bonchev–Trinajstić information content (AvgIpc) is 2.74. The Labute approximate surface area is 183 Å². The van der Waals surface area contributed by atoms with Crippen LogP contribution >= 0.6 is 0 Å². The number of pyridine rings is 1. The first-order valence-electron chi connectivity index (χ1n) is 9.85. The van der Waals surface area contributed by atoms with Crippen LogP contribution in [0.4, 0.5) is 0 Å². The molecule has 0 N–H and O–H groups in total. The molecule has 164 valence electrons. The third-order valence-corrected chi connectivity index (χ3v) is 8.30. The second-order valence-corrected chi connectivity index (χ2v) is 11.5. The highest BCUT2D eigenvalue weighted by molar-refractivity contribution is 7.94. The van der Waals surface area contributed by atoms with E-state index in [0.717, 1.165) is 5.56 Å². The molecule has 0 saturated heterocycles. The van der Waals surface area contributed by atoms with Gasteiger partial charge in [-0.2, -0.15) is 0 Å². The molecule has 8 heteroatoms. The molecule has 0 atom stereocenters. The van der Waals surface area contributed by atoms with E-state index in [1.165, 1.54) is 48.7 Å². The fraction of sp³-hybridized carbons (Fsp3) is 0.261. The standard InChI is InChI=1S/C23H25NO5S2/c1-16(2)18-8-11-20(12-9-18)30(25,26)21-13-10-19(29-17(3)4)15-22(21)31(27,28)23-7-5-6-14-24-23/h5-17H,1-4H3. The number of nitrogens with zero attached hydrogens (tertiary/aromatic N) is 1. The fourth-order valence-corrected chi connectivity index (χ4v) is 6.31. The lowest BCUT2D eigenvalue weighted by Gasteiger charge is -2.15. The van der Waals surface area contributed by atoms with Gasteiger partial charge in [0.15, 0.2) is 5.03 Å². The van der Waals surface area contributed by atoms with E-state index in [4.69, 9.17) is 4.74 Å². The van der Waals surface area contributed by atoms with E-state index in [1.54, 1.807) is 32.0 Å². The Bertz CT molecular complexity index is 1270. The third-order valence-electron chi connectivity index (χ3n) is 4.64. The molecule has 0 saturated carbocycles. The molecular weight excluding hydrogens is 434 g/mol. The monoisotopic (exact) mass is 459 g/mol. The van der Waals surface area contributed by atoms with Crippen LogP contribution in [0.1, 0.15) is 39.2 Å². The lowest BCUT2D eigenvalue weighted by atomic mass is 10.0. The van der Waals surface area contributed by atoms with E-state index in [2.05, 4.69) is 4.98 Å². The molecule has 1 aromatic heterocycles. The van der Waals surface area contributed by atoms with E-state index in [1.807, 2.05) is 13.8 Å². The molecule has 0 bridgehead atoms. The van der Waals surface area contributed by atoms with E-state index in [-0.39, 0.29) is 37.5 Å². The van der Waals surface area contributed by atoms with Crippen LogP contribution in [0.2, 0.25) is 0 Å². The number of rotatable bonds is 7. The molecule has 0 amide bonds. The Morgan fingerprint density at radius 1 is 0.774 bits per heavy atom. The number of sulfone groups is 2. The molecule has 1 heterocycles. The van der Waals surface area contributed by atoms with Crippen molar-refractivity contribution < 1.29 is 21.6 Å². The fourth-order valence-electron chi connectivity index (χ4n) is 3.04. The molecule has 0 radical (unpaired) electrons. The molecule has 6 nitrogen and oxygen atoms in total. The van der Waals surface area contributed by atoms with Gasteiger partial charge < -0.3 is 4.74 Å². The summed E-state index contributed by atoms with van der Waals surface area (Å²) in [7, 11) is -8.32. The second-order valence-electron chi connectivity index (χ2n) is 7.67. The second kappa shape index (κ2) is 8.80. The van der Waals surface area contributed by atoms with Crippen LogP contribution in [-0.4, -0.2) is 27.9 Å². The SMILES string of the molecule is CC(C)Oc1ccc(S(=O)(=O)c2ccc(C(C)C)cc2)c(S(=O)(=O)c2ccccn2)c1. The Hall–Kier alpha value is -2.71. The number of hydrogen-bond acceptors (Lipinski definition) is 6. The first-order valence-corrected chi connectivity index (χ1v) is 12.8. The van der Waals surface area contributed by atoms with E-state index in [9.17, 15) is 16.8 Å². The summed E-state index contributed by atoms with van der Waals surface area (Å²) >= 11 is 0. The molecule has 3 aromatic rings. The highest BCUT2D eigenvalue weighted by Gasteiger charge is 2.31. The molecular formula is C23H25NO5S2. The van der Waals surface area contributed by atoms with Crippen LogP contribution < -0.4 is 4.74 Å². The molecule has 0 aliphatic heterocycles. The zero-order chi connectivity index (χ0) is 22.8. The minimum Gasteiger partial charge on any atom is -0.491 e. The average molecular weight is 460 g/mol. The smallest absolute Gasteiger partial charge is 0.225 e. The van der Waals surface area contributed by atoms with E-state index < -0.39 is 19.7 Å². The van der Waals surface area contributed by atoms with Gasteiger partial charge in [0.05, 0.1) is 20.8 Å². The molecule has 0 fully saturated rings. The number of aromatic nitrogens is 1. The van der Waals surface area contributed by atoms with Crippen LogP contribution in [0.25, 0.3) is 0 Å². The van der Waals surface area contributed by atoms with Gasteiger partial charge in [-0.3, -0.25) is 0 Å². The Morgan fingerprint density at radius 3 is 2.00 bits per heavy atom. The maximum Gasteiger partial charge on any atom is 0.225 e. The predicted molar refractivity (Wildman–Crippen MR) is 118 cm³/mol. The van der Waals surface area contributed by atoms with Gasteiger partial charge >= 0.3 is 0 Å². The van der Waals surface area contributed by atoms with Gasteiger partial charge in [0, 0.05) is 12.3 Å². The zero-order valence-electron chi connectivity index (χ0n) is 17.8. The maximum absolute atomic E-state index is 13.4. The van der Waals surface area contributed by atoms with Gasteiger partial charge in [-0.15, -0.1) is 0 Å². The number of benzene rings is 2. The summed E-state index contributed by atoms with van der Waals surface area (Å²) in [6, 6.07) is 14.9. The maximum atomic E-state index is 13.4. The lowest BCUT2D eigenvalue weighted by Crippen LogP contribution is -2.13. The lowest BCUT2D eigenvalue weighted by molar-refractivity contribution is 0.241. The minimum absolute atomic E-state index is 0.0203. The molecule has 2 aromatic carbocycles. The Kier molecular flexibility index (Phi) is 6.52. The van der Waals surface area contributed by atoms with Crippen molar-refractivity contribution in [1.29, 1.82) is 0 Å². The normalized spacial score (nSPS) is 12.3. The van der Waals surface area contributed by atoms with Crippen LogP contribution in [0, 0.1) is 0 Å². The number of ether oxygens (including phenoxy) is 1. The van der Waals surface area contributed by atoms with Gasteiger partial charge in [0.25, 0.3) is 0 Å². The predicted octanol–water partition coefficient (Wildman–Crippen LogP) is 4.66. The molecule has 0 unspecified atom stereocenters. The van der Waals surface area contributed by atoms with E-state index >= 15 is 0 Å². The Morgan fingerprint density at radius 2 is 1.45 bits per heavy atom. The Balaban J connectivity index is 2.22. The summed E-state index contributed by atoms with van der Waals surface area (Å²) in [4.78, 5) is 3.26. The first kappa shape index (κ1) is 23.0. The van der Waals surface area contributed by atoms with Crippen molar-refractivity contribution >= 4 is 19.7 Å². The largest absolute Gasteiger partial charge is 0.491 e. The summed E-state index contributed by atoms with van der Waals surface area (Å²) in [5.74, 6) is 0.503. The minimum atomic E-state index is -4.21. The van der Waals surface area contributed by atoms with Gasteiger partial charge in [-0.25, -0.2) is 21.8 Å². The van der Waals surface area contributed by atoms with Crippen LogP contribution in [0.15, 0.2) is 86.6 Å². The van der Waals surface area contributed by atoms with Crippen LogP contribution in [0.3, 0.4) is 0 Å². The highest BCUT2D eigenvalue weighted by Crippen LogP contribution is 2.34. The third kappa shape index (κ3) is 4.80. The van der Waals surface area contributed by atoms with Crippen molar-refractivity contribution in [3.63, 3.8) is 0 Å². The van der Waals surface area contributed by atoms with Gasteiger partial charge in [0.1, 0.15) is 5.75 Å². The first-order chi connectivity index (χ1) is 14.5. The summed E-state index contributed by atoms with van der Waals surface area (Å²) in [5.41, 5.74) is 0.987. The molecule has 0 aliphatic rings. The zero-order valence-corrected chi connectivity index (χ0v) is 19.4. The molecule has 31 heavy (non-hydrogen) atoms. The highest BCUT2D eigenvalue weighted by atomic mass is 32.2. The molecule has 0 aliphatic carbocycles. The van der Waals surface area contributed by atoms with E-state index in [0.29, 0.717) is 0 Å². The quantitative estimate of drug-likeness (QED) is 0.510. The molecule has 0 spiro atoms. The van der Waals surface area contributed by atoms with Gasteiger partial charge in [-0.05, 0) is 61.7 Å². The van der Waals surface area contributed by atoms with Crippen LogP contribution in [0.5, 0.6) is 5.75 Å². The van der Waals surface area contributed by atoms with Gasteiger partial charge in [0.2, 0.25) is 19.7 Å². The summed E-state index contributed by atoms with van der Waals surface area (Å²) in [6.07, 6.45) is 1.14.